The third kappa shape index (κ3) is 1.97. The molecule has 3 heteroatoms. The second-order valence-corrected chi connectivity index (χ2v) is 4.97. The third-order valence-corrected chi connectivity index (χ3v) is 3.55. The minimum atomic E-state index is -0.371. The number of hydrogen-bond donors (Lipinski definition) is 1. The van der Waals surface area contributed by atoms with E-state index in [1.54, 1.807) is 11.3 Å². The van der Waals surface area contributed by atoms with Crippen molar-refractivity contribution in [3.63, 3.8) is 0 Å². The minimum absolute atomic E-state index is 0.118. The van der Waals surface area contributed by atoms with Crippen LogP contribution >= 0.6 is 11.3 Å². The van der Waals surface area contributed by atoms with Crippen LogP contribution in [0.4, 0.5) is 0 Å². The summed E-state index contributed by atoms with van der Waals surface area (Å²) >= 11 is 1.71. The first kappa shape index (κ1) is 11.2. The van der Waals surface area contributed by atoms with Crippen LogP contribution in [-0.4, -0.2) is 7.05 Å². The molecule has 1 aromatic rings. The number of aryl methyl sites for hydroxylation is 1. The van der Waals surface area contributed by atoms with Crippen molar-refractivity contribution < 1.29 is 0 Å². The van der Waals surface area contributed by atoms with E-state index in [0.29, 0.717) is 0 Å². The van der Waals surface area contributed by atoms with Gasteiger partial charge in [-0.05, 0) is 44.8 Å². The van der Waals surface area contributed by atoms with Crippen LogP contribution in [0.5, 0.6) is 0 Å². The summed E-state index contributed by atoms with van der Waals surface area (Å²) in [6.07, 6.45) is 0. The number of rotatable bonds is 3. The van der Waals surface area contributed by atoms with Gasteiger partial charge in [0.05, 0.1) is 17.5 Å². The van der Waals surface area contributed by atoms with E-state index in [4.69, 9.17) is 5.26 Å². The Bertz CT molecular complexity index is 346. The maximum atomic E-state index is 9.10. The predicted octanol–water partition coefficient (Wildman–Crippen LogP) is 2.87. The highest BCUT2D eigenvalue weighted by Crippen LogP contribution is 2.36. The molecule has 1 rings (SSSR count). The first-order valence-corrected chi connectivity index (χ1v) is 5.53. The molecule has 0 bridgehead atoms. The van der Waals surface area contributed by atoms with Crippen LogP contribution in [0.3, 0.4) is 0 Å². The molecule has 1 aromatic heterocycles. The zero-order valence-electron chi connectivity index (χ0n) is 9.09. The fourth-order valence-electron chi connectivity index (χ4n) is 1.56. The molecule has 14 heavy (non-hydrogen) atoms. The minimum Gasteiger partial charge on any atom is -0.311 e. The van der Waals surface area contributed by atoms with E-state index in [2.05, 4.69) is 29.8 Å². The average Bonchev–Trinajstić information content (AvgIpc) is 2.53. The molecule has 0 amide bonds. The molecule has 1 heterocycles. The van der Waals surface area contributed by atoms with Crippen LogP contribution in [-0.2, 0) is 0 Å². The smallest absolute Gasteiger partial charge is 0.0720 e. The SMILES string of the molecule is CNC(c1sccc1C)C(C)(C)C#N. The molecular weight excluding hydrogens is 192 g/mol. The van der Waals surface area contributed by atoms with Gasteiger partial charge in [0, 0.05) is 4.88 Å². The Kier molecular flexibility index (Phi) is 3.30. The molecule has 1 N–H and O–H groups in total. The van der Waals surface area contributed by atoms with Crippen molar-refractivity contribution in [2.75, 3.05) is 7.05 Å². The van der Waals surface area contributed by atoms with Gasteiger partial charge in [0.2, 0.25) is 0 Å². The summed E-state index contributed by atoms with van der Waals surface area (Å²) in [5.74, 6) is 0. The highest BCUT2D eigenvalue weighted by atomic mass is 32.1. The summed E-state index contributed by atoms with van der Waals surface area (Å²) in [5, 5.41) is 14.4. The van der Waals surface area contributed by atoms with Crippen molar-refractivity contribution in [2.45, 2.75) is 26.8 Å². The number of thiophene rings is 1. The normalized spacial score (nSPS) is 13.6. The molecule has 0 fully saturated rings. The summed E-state index contributed by atoms with van der Waals surface area (Å²) in [4.78, 5) is 1.26. The van der Waals surface area contributed by atoms with Crippen molar-refractivity contribution in [1.29, 1.82) is 5.26 Å². The second kappa shape index (κ2) is 4.12. The standard InChI is InChI=1S/C11H16N2S/c1-8-5-6-14-9(8)10(13-4)11(2,3)7-12/h5-6,10,13H,1-4H3. The first-order chi connectivity index (χ1) is 6.53. The summed E-state index contributed by atoms with van der Waals surface area (Å²) in [5.41, 5.74) is 0.891. The van der Waals surface area contributed by atoms with Crippen LogP contribution in [0.25, 0.3) is 0 Å². The Morgan fingerprint density at radius 1 is 1.57 bits per heavy atom. The van der Waals surface area contributed by atoms with Gasteiger partial charge in [0.15, 0.2) is 0 Å². The molecule has 0 spiro atoms. The summed E-state index contributed by atoms with van der Waals surface area (Å²) in [7, 11) is 1.91. The molecule has 0 aliphatic heterocycles. The van der Waals surface area contributed by atoms with Crippen LogP contribution < -0.4 is 5.32 Å². The van der Waals surface area contributed by atoms with Gasteiger partial charge in [-0.15, -0.1) is 11.3 Å². The molecule has 0 aliphatic rings. The Hall–Kier alpha value is -0.850. The molecule has 76 valence electrons. The maximum Gasteiger partial charge on any atom is 0.0720 e. The number of hydrogen-bond acceptors (Lipinski definition) is 3. The lowest BCUT2D eigenvalue weighted by atomic mass is 9.84. The van der Waals surface area contributed by atoms with Gasteiger partial charge in [0.1, 0.15) is 0 Å². The Labute approximate surface area is 89.6 Å². The topological polar surface area (TPSA) is 35.8 Å². The largest absolute Gasteiger partial charge is 0.311 e. The van der Waals surface area contributed by atoms with Crippen molar-refractivity contribution >= 4 is 11.3 Å². The molecule has 0 aromatic carbocycles. The van der Waals surface area contributed by atoms with Crippen molar-refractivity contribution in [2.24, 2.45) is 5.41 Å². The maximum absolute atomic E-state index is 9.10. The summed E-state index contributed by atoms with van der Waals surface area (Å²) in [6.45, 7) is 6.02. The van der Waals surface area contributed by atoms with E-state index in [1.165, 1.54) is 10.4 Å². The van der Waals surface area contributed by atoms with Crippen molar-refractivity contribution in [3.8, 4) is 6.07 Å². The Morgan fingerprint density at radius 2 is 2.21 bits per heavy atom. The molecule has 0 saturated heterocycles. The van der Waals surface area contributed by atoms with E-state index in [0.717, 1.165) is 0 Å². The van der Waals surface area contributed by atoms with E-state index in [-0.39, 0.29) is 11.5 Å². The second-order valence-electron chi connectivity index (χ2n) is 4.02. The predicted molar refractivity (Wildman–Crippen MR) is 60.3 cm³/mol. The van der Waals surface area contributed by atoms with Gasteiger partial charge in [-0.1, -0.05) is 0 Å². The fourth-order valence-corrected chi connectivity index (χ4v) is 2.79. The van der Waals surface area contributed by atoms with Crippen molar-refractivity contribution in [1.82, 2.24) is 5.32 Å². The van der Waals surface area contributed by atoms with Gasteiger partial charge in [-0.25, -0.2) is 0 Å². The van der Waals surface area contributed by atoms with Crippen molar-refractivity contribution in [3.05, 3.63) is 21.9 Å². The van der Waals surface area contributed by atoms with E-state index < -0.39 is 0 Å². The molecule has 1 unspecified atom stereocenters. The van der Waals surface area contributed by atoms with Crippen LogP contribution in [0, 0.1) is 23.7 Å². The van der Waals surface area contributed by atoms with Crippen LogP contribution in [0.15, 0.2) is 11.4 Å². The lowest BCUT2D eigenvalue weighted by Gasteiger charge is -2.27. The Morgan fingerprint density at radius 3 is 2.57 bits per heavy atom. The molecular formula is C11H16N2S. The average molecular weight is 208 g/mol. The monoisotopic (exact) mass is 208 g/mol. The summed E-state index contributed by atoms with van der Waals surface area (Å²) in [6, 6.07) is 4.57. The quantitative estimate of drug-likeness (QED) is 0.829. The van der Waals surface area contributed by atoms with Crippen LogP contribution in [0.2, 0.25) is 0 Å². The van der Waals surface area contributed by atoms with Crippen LogP contribution in [0.1, 0.15) is 30.3 Å². The van der Waals surface area contributed by atoms with E-state index in [1.807, 2.05) is 20.9 Å². The highest BCUT2D eigenvalue weighted by Gasteiger charge is 2.31. The van der Waals surface area contributed by atoms with Gasteiger partial charge < -0.3 is 5.32 Å². The van der Waals surface area contributed by atoms with Gasteiger partial charge >= 0.3 is 0 Å². The van der Waals surface area contributed by atoms with Gasteiger partial charge in [0.25, 0.3) is 0 Å². The fraction of sp³-hybridized carbons (Fsp3) is 0.545. The zero-order chi connectivity index (χ0) is 10.8. The molecule has 0 radical (unpaired) electrons. The zero-order valence-corrected chi connectivity index (χ0v) is 9.90. The lowest BCUT2D eigenvalue weighted by Crippen LogP contribution is -2.30. The number of nitrogens with one attached hydrogen (secondary N) is 1. The van der Waals surface area contributed by atoms with Gasteiger partial charge in [-0.3, -0.25) is 0 Å². The lowest BCUT2D eigenvalue weighted by molar-refractivity contribution is 0.348. The molecule has 0 saturated carbocycles. The summed E-state index contributed by atoms with van der Waals surface area (Å²) < 4.78 is 0. The molecule has 1 atom stereocenters. The Balaban J connectivity index is 3.07. The third-order valence-electron chi connectivity index (χ3n) is 2.46. The molecule has 2 nitrogen and oxygen atoms in total. The van der Waals surface area contributed by atoms with Gasteiger partial charge in [-0.2, -0.15) is 5.26 Å². The molecule has 0 aliphatic carbocycles. The number of nitrogens with zero attached hydrogens (tertiary/aromatic N) is 1. The number of nitriles is 1. The first-order valence-electron chi connectivity index (χ1n) is 4.65. The van der Waals surface area contributed by atoms with E-state index in [9.17, 15) is 0 Å². The van der Waals surface area contributed by atoms with E-state index >= 15 is 0 Å². The highest BCUT2D eigenvalue weighted by molar-refractivity contribution is 7.10.